The normalized spacial score (nSPS) is 11.2. The molecule has 0 saturated carbocycles. The third-order valence-electron chi connectivity index (χ3n) is 2.24. The van der Waals surface area contributed by atoms with E-state index >= 15 is 0 Å². The smallest absolute Gasteiger partial charge is 0.315 e. The zero-order chi connectivity index (χ0) is 14.1. The molecular formula is C14H19NO3S. The zero-order valence-corrected chi connectivity index (χ0v) is 12.3. The van der Waals surface area contributed by atoms with E-state index in [1.54, 1.807) is 18.7 Å². The number of hydrogen-bond donors (Lipinski definition) is 0. The second-order valence-corrected chi connectivity index (χ2v) is 4.44. The number of para-hydroxylation sites is 1. The van der Waals surface area contributed by atoms with Gasteiger partial charge in [-0.05, 0) is 32.2 Å². The molecule has 0 atom stereocenters. The predicted molar refractivity (Wildman–Crippen MR) is 78.2 cm³/mol. The molecule has 0 aromatic heterocycles. The number of aliphatic imine (C=N–C) groups is 1. The first kappa shape index (κ1) is 15.6. The standard InChI is InChI=1S/C14H19NO3S/c1-4-17-13(10-14(16)18-5-2)15-11-8-6-7-9-12(11)19-3/h6-9H,4-5,10H2,1-3H3/b15-13-. The minimum atomic E-state index is -0.323. The summed E-state index contributed by atoms with van der Waals surface area (Å²) in [5, 5.41) is 0. The van der Waals surface area contributed by atoms with Crippen LogP contribution in [0, 0.1) is 0 Å². The van der Waals surface area contributed by atoms with Gasteiger partial charge in [-0.25, -0.2) is 4.99 Å². The molecule has 0 aliphatic rings. The van der Waals surface area contributed by atoms with Crippen LogP contribution in [0.25, 0.3) is 0 Å². The molecule has 0 aliphatic carbocycles. The van der Waals surface area contributed by atoms with Crippen LogP contribution in [-0.2, 0) is 14.3 Å². The Kier molecular flexibility index (Phi) is 7.03. The molecule has 0 bridgehead atoms. The second kappa shape index (κ2) is 8.58. The number of esters is 1. The van der Waals surface area contributed by atoms with Crippen molar-refractivity contribution < 1.29 is 14.3 Å². The summed E-state index contributed by atoms with van der Waals surface area (Å²) in [5.74, 6) is 0.0683. The van der Waals surface area contributed by atoms with Gasteiger partial charge < -0.3 is 9.47 Å². The highest BCUT2D eigenvalue weighted by Gasteiger charge is 2.10. The molecule has 0 heterocycles. The van der Waals surface area contributed by atoms with Crippen molar-refractivity contribution in [1.29, 1.82) is 0 Å². The molecule has 0 aliphatic heterocycles. The third-order valence-corrected chi connectivity index (χ3v) is 3.03. The van der Waals surface area contributed by atoms with E-state index in [9.17, 15) is 4.79 Å². The Hall–Kier alpha value is -1.49. The number of nitrogens with zero attached hydrogens (tertiary/aromatic N) is 1. The maximum atomic E-state index is 11.5. The number of carbonyl (C=O) groups is 1. The van der Waals surface area contributed by atoms with Crippen LogP contribution >= 0.6 is 11.8 Å². The first-order chi connectivity index (χ1) is 9.21. The van der Waals surface area contributed by atoms with Gasteiger partial charge in [-0.15, -0.1) is 11.8 Å². The maximum absolute atomic E-state index is 11.5. The molecule has 0 radical (unpaired) electrons. The van der Waals surface area contributed by atoms with Crippen LogP contribution in [0.3, 0.4) is 0 Å². The van der Waals surface area contributed by atoms with Gasteiger partial charge >= 0.3 is 5.97 Å². The molecule has 1 aromatic carbocycles. The van der Waals surface area contributed by atoms with Gasteiger partial charge in [0.2, 0.25) is 0 Å². The lowest BCUT2D eigenvalue weighted by atomic mass is 10.3. The zero-order valence-electron chi connectivity index (χ0n) is 11.5. The molecule has 0 spiro atoms. The van der Waals surface area contributed by atoms with Gasteiger partial charge in [0.1, 0.15) is 6.42 Å². The molecule has 0 saturated heterocycles. The molecule has 1 aromatic rings. The lowest BCUT2D eigenvalue weighted by Crippen LogP contribution is -2.14. The molecule has 1 rings (SSSR count). The van der Waals surface area contributed by atoms with Gasteiger partial charge in [-0.3, -0.25) is 4.79 Å². The van der Waals surface area contributed by atoms with Crippen molar-refractivity contribution in [1.82, 2.24) is 0 Å². The van der Waals surface area contributed by atoms with Crippen molar-refractivity contribution in [2.24, 2.45) is 4.99 Å². The highest BCUT2D eigenvalue weighted by molar-refractivity contribution is 7.98. The van der Waals surface area contributed by atoms with E-state index < -0.39 is 0 Å². The summed E-state index contributed by atoms with van der Waals surface area (Å²) < 4.78 is 10.3. The van der Waals surface area contributed by atoms with Crippen molar-refractivity contribution in [2.45, 2.75) is 25.2 Å². The van der Waals surface area contributed by atoms with E-state index in [1.165, 1.54) is 0 Å². The molecule has 4 nitrogen and oxygen atoms in total. The number of hydrogen-bond acceptors (Lipinski definition) is 5. The van der Waals surface area contributed by atoms with Crippen LogP contribution < -0.4 is 0 Å². The van der Waals surface area contributed by atoms with Crippen LogP contribution in [0.15, 0.2) is 34.2 Å². The van der Waals surface area contributed by atoms with E-state index in [2.05, 4.69) is 4.99 Å². The molecule has 0 fully saturated rings. The van der Waals surface area contributed by atoms with Crippen molar-refractivity contribution in [3.8, 4) is 0 Å². The fourth-order valence-electron chi connectivity index (χ4n) is 1.48. The summed E-state index contributed by atoms with van der Waals surface area (Å²) in [4.78, 5) is 16.9. The monoisotopic (exact) mass is 281 g/mol. The predicted octanol–water partition coefficient (Wildman–Crippen LogP) is 3.43. The first-order valence-corrected chi connectivity index (χ1v) is 7.42. The molecule has 0 amide bonds. The van der Waals surface area contributed by atoms with Gasteiger partial charge in [0.15, 0.2) is 5.90 Å². The number of rotatable bonds is 6. The Morgan fingerprint density at radius 2 is 1.89 bits per heavy atom. The number of thioether (sulfide) groups is 1. The summed E-state index contributed by atoms with van der Waals surface area (Å²) in [6.45, 7) is 4.47. The highest BCUT2D eigenvalue weighted by Crippen LogP contribution is 2.27. The van der Waals surface area contributed by atoms with Gasteiger partial charge in [0.05, 0.1) is 18.9 Å². The van der Waals surface area contributed by atoms with Crippen molar-refractivity contribution in [2.75, 3.05) is 19.5 Å². The Labute approximate surface area is 118 Å². The minimum absolute atomic E-state index is 0.0599. The number of ether oxygens (including phenoxy) is 2. The average molecular weight is 281 g/mol. The van der Waals surface area contributed by atoms with Gasteiger partial charge in [-0.2, -0.15) is 0 Å². The molecule has 0 unspecified atom stereocenters. The minimum Gasteiger partial charge on any atom is -0.481 e. The second-order valence-electron chi connectivity index (χ2n) is 3.59. The van der Waals surface area contributed by atoms with Crippen molar-refractivity contribution in [3.63, 3.8) is 0 Å². The van der Waals surface area contributed by atoms with Crippen LogP contribution in [0.2, 0.25) is 0 Å². The van der Waals surface area contributed by atoms with E-state index in [-0.39, 0.29) is 12.4 Å². The lowest BCUT2D eigenvalue weighted by Gasteiger charge is -2.08. The van der Waals surface area contributed by atoms with Gasteiger partial charge in [0, 0.05) is 4.90 Å². The Morgan fingerprint density at radius 1 is 1.21 bits per heavy atom. The number of benzene rings is 1. The molecule has 5 heteroatoms. The molecular weight excluding hydrogens is 262 g/mol. The highest BCUT2D eigenvalue weighted by atomic mass is 32.2. The quantitative estimate of drug-likeness (QED) is 0.347. The third kappa shape index (κ3) is 5.34. The maximum Gasteiger partial charge on any atom is 0.315 e. The fraction of sp³-hybridized carbons (Fsp3) is 0.429. The summed E-state index contributed by atoms with van der Waals surface area (Å²) in [6.07, 6.45) is 2.05. The Morgan fingerprint density at radius 3 is 2.53 bits per heavy atom. The van der Waals surface area contributed by atoms with Gasteiger partial charge in [0.25, 0.3) is 0 Å². The Balaban J connectivity index is 2.90. The topological polar surface area (TPSA) is 47.9 Å². The molecule has 104 valence electrons. The van der Waals surface area contributed by atoms with Crippen molar-refractivity contribution >= 4 is 29.3 Å². The van der Waals surface area contributed by atoms with Crippen LogP contribution in [0.4, 0.5) is 5.69 Å². The summed E-state index contributed by atoms with van der Waals surface area (Å²) >= 11 is 1.61. The number of carbonyl (C=O) groups excluding carboxylic acids is 1. The molecule has 0 N–H and O–H groups in total. The summed E-state index contributed by atoms with van der Waals surface area (Å²) in [7, 11) is 0. The van der Waals surface area contributed by atoms with E-state index in [1.807, 2.05) is 37.4 Å². The van der Waals surface area contributed by atoms with Crippen LogP contribution in [0.1, 0.15) is 20.3 Å². The molecule has 19 heavy (non-hydrogen) atoms. The van der Waals surface area contributed by atoms with E-state index in [4.69, 9.17) is 9.47 Å². The fourth-order valence-corrected chi connectivity index (χ4v) is 2.02. The lowest BCUT2D eigenvalue weighted by molar-refractivity contribution is -0.141. The van der Waals surface area contributed by atoms with Crippen LogP contribution in [0.5, 0.6) is 0 Å². The van der Waals surface area contributed by atoms with Crippen LogP contribution in [-0.4, -0.2) is 31.3 Å². The van der Waals surface area contributed by atoms with Crippen molar-refractivity contribution in [3.05, 3.63) is 24.3 Å². The SMILES string of the molecule is CCOC(=O)C/C(=N/c1ccccc1SC)OCC. The summed E-state index contributed by atoms with van der Waals surface area (Å²) in [6, 6.07) is 7.75. The Bertz CT molecular complexity index is 446. The van der Waals surface area contributed by atoms with Gasteiger partial charge in [-0.1, -0.05) is 12.1 Å². The van der Waals surface area contributed by atoms with E-state index in [0.717, 1.165) is 10.6 Å². The average Bonchev–Trinajstić information content (AvgIpc) is 2.40. The van der Waals surface area contributed by atoms with E-state index in [0.29, 0.717) is 19.1 Å². The summed E-state index contributed by atoms with van der Waals surface area (Å²) in [5.41, 5.74) is 0.808. The largest absolute Gasteiger partial charge is 0.481 e. The first-order valence-electron chi connectivity index (χ1n) is 6.20.